The van der Waals surface area contributed by atoms with E-state index >= 15 is 17.7 Å². The maximum Gasteiger partial charge on any atom is 0.480 e. The van der Waals surface area contributed by atoms with Crippen LogP contribution >= 0.6 is 7.82 Å². The lowest BCUT2D eigenvalue weighted by molar-refractivity contribution is -0.140. The van der Waals surface area contributed by atoms with Crippen molar-refractivity contribution in [2.24, 2.45) is 0 Å². The van der Waals surface area contributed by atoms with Crippen molar-refractivity contribution < 1.29 is 85.0 Å². The predicted octanol–water partition coefficient (Wildman–Crippen LogP) is 13.8. The standard InChI is InChI=1S/C75H63F12N12O10P/c76-67-49(4-1-7-61(67)73(79,80)81)37-94-13-10-46(28-64(94)100)58-40-97(70-55(58)31-52(34-88-70)91-16-22-104-23-17-91)43-107-110(103,108-44-98-41-59(56-32-53(35-89-71(56)98)92-18-24-105-25-19-92)47-11-14-95(65(101)29-47)38-50-5-2-8-62(68(50)77)74(82,83)84)109-45-99-42-60(57-33-54(36-90-72(57)99)93-20-26-106-27-21-93)48-12-15-96(66(102)30-48)39-51-6-3-9-63(69(51)78)75(85,86)87/h1-15,28-36,40-42H,16-27,37-39,43-45H2. The van der Waals surface area contributed by atoms with E-state index in [1.165, 1.54) is 68.7 Å². The normalized spacial score (nSPS) is 15.0. The fourth-order valence-corrected chi connectivity index (χ4v) is 14.7. The van der Waals surface area contributed by atoms with Crippen molar-refractivity contribution in [1.29, 1.82) is 0 Å². The van der Waals surface area contributed by atoms with Gasteiger partial charge in [-0.3, -0.25) is 28.0 Å². The van der Waals surface area contributed by atoms with E-state index in [0.29, 0.717) is 147 Å². The van der Waals surface area contributed by atoms with Crippen LogP contribution in [0.5, 0.6) is 0 Å². The van der Waals surface area contributed by atoms with Crippen LogP contribution in [-0.4, -0.2) is 121 Å². The summed E-state index contributed by atoms with van der Waals surface area (Å²) in [6.45, 7) is 1.57. The number of rotatable bonds is 21. The number of fused-ring (bicyclic) bond motifs is 3. The highest BCUT2D eigenvalue weighted by Crippen LogP contribution is 2.52. The highest BCUT2D eigenvalue weighted by atomic mass is 31.2. The van der Waals surface area contributed by atoms with E-state index in [4.69, 9.17) is 42.7 Å². The lowest BCUT2D eigenvalue weighted by Crippen LogP contribution is -2.36. The second kappa shape index (κ2) is 30.2. The molecular weight excluding hydrogens is 1490 g/mol. The molecule has 3 aliphatic rings. The van der Waals surface area contributed by atoms with E-state index < -0.39 is 134 Å². The topological polar surface area (TPSA) is 202 Å². The second-order valence-electron chi connectivity index (χ2n) is 26.2. The number of benzene rings is 3. The summed E-state index contributed by atoms with van der Waals surface area (Å²) in [5, 5.41) is 1.30. The quantitative estimate of drug-likeness (QED) is 0.0485. The van der Waals surface area contributed by atoms with Gasteiger partial charge in [0.1, 0.15) is 54.6 Å². The molecule has 35 heteroatoms. The highest BCUT2D eigenvalue weighted by molar-refractivity contribution is 7.48. The molecular formula is C75H63F12N12O10P. The van der Waals surface area contributed by atoms with Crippen molar-refractivity contribution in [3.05, 3.63) is 247 Å². The first-order chi connectivity index (χ1) is 52.7. The van der Waals surface area contributed by atoms with Crippen LogP contribution in [0.4, 0.5) is 69.7 Å². The molecule has 3 aliphatic heterocycles. The lowest BCUT2D eigenvalue weighted by atomic mass is 10.1. The molecule has 9 aromatic heterocycles. The molecule has 12 heterocycles. The molecule has 3 fully saturated rings. The van der Waals surface area contributed by atoms with Gasteiger partial charge >= 0.3 is 26.4 Å². The van der Waals surface area contributed by atoms with Crippen molar-refractivity contribution in [2.45, 2.75) is 58.4 Å². The van der Waals surface area contributed by atoms with Gasteiger partial charge < -0.3 is 56.3 Å². The van der Waals surface area contributed by atoms with Gasteiger partial charge in [0.15, 0.2) is 0 Å². The molecule has 0 aliphatic carbocycles. The molecule has 0 unspecified atom stereocenters. The minimum Gasteiger partial charge on any atom is -0.378 e. The Kier molecular flexibility index (Phi) is 20.5. The fourth-order valence-electron chi connectivity index (χ4n) is 13.7. The van der Waals surface area contributed by atoms with E-state index in [1.54, 1.807) is 37.2 Å². The van der Waals surface area contributed by atoms with Gasteiger partial charge in [0.25, 0.3) is 16.7 Å². The molecule has 3 aromatic carbocycles. The van der Waals surface area contributed by atoms with Gasteiger partial charge in [0.05, 0.1) is 112 Å². The zero-order valence-corrected chi connectivity index (χ0v) is 58.6. The number of nitrogens with zero attached hydrogens (tertiary/aromatic N) is 12. The predicted molar refractivity (Wildman–Crippen MR) is 380 cm³/mol. The molecule has 0 bridgehead atoms. The van der Waals surface area contributed by atoms with Gasteiger partial charge in [-0.25, -0.2) is 32.7 Å². The Morgan fingerprint density at radius 1 is 0.382 bits per heavy atom. The number of alkyl halides is 9. The third kappa shape index (κ3) is 15.4. The molecule has 110 heavy (non-hydrogen) atoms. The highest BCUT2D eigenvalue weighted by Gasteiger charge is 2.38. The largest absolute Gasteiger partial charge is 0.480 e. The van der Waals surface area contributed by atoms with Gasteiger partial charge in [0.2, 0.25) is 0 Å². The molecule has 0 N–H and O–H groups in total. The van der Waals surface area contributed by atoms with Crippen LogP contribution in [-0.2, 0) is 90.7 Å². The molecule has 15 rings (SSSR count). The number of hydrogen-bond acceptors (Lipinski definition) is 16. The van der Waals surface area contributed by atoms with Crippen molar-refractivity contribution in [3.63, 3.8) is 0 Å². The number of morpholine rings is 3. The van der Waals surface area contributed by atoms with Crippen LogP contribution in [0.2, 0.25) is 0 Å². The van der Waals surface area contributed by atoms with Crippen LogP contribution in [0.15, 0.2) is 179 Å². The number of ether oxygens (including phenoxy) is 3. The van der Waals surface area contributed by atoms with Crippen molar-refractivity contribution in [2.75, 3.05) is 93.6 Å². The van der Waals surface area contributed by atoms with Gasteiger partial charge in [-0.2, -0.15) is 39.5 Å². The van der Waals surface area contributed by atoms with Crippen molar-refractivity contribution >= 4 is 58.0 Å². The van der Waals surface area contributed by atoms with Crippen LogP contribution in [0.25, 0.3) is 66.5 Å². The summed E-state index contributed by atoms with van der Waals surface area (Å²) in [4.78, 5) is 62.6. The number of anilines is 3. The molecule has 572 valence electrons. The summed E-state index contributed by atoms with van der Waals surface area (Å²) in [7, 11) is -5.11. The smallest absolute Gasteiger partial charge is 0.378 e. The summed E-state index contributed by atoms with van der Waals surface area (Å²) >= 11 is 0. The summed E-state index contributed by atoms with van der Waals surface area (Å²) in [6.07, 6.45) is -1.69. The van der Waals surface area contributed by atoms with Crippen LogP contribution in [0, 0.1) is 17.5 Å². The molecule has 12 aromatic rings. The van der Waals surface area contributed by atoms with Gasteiger partial charge in [0, 0.05) is 144 Å². The Bertz CT molecular complexity index is 5190. The number of aromatic nitrogens is 9. The Morgan fingerprint density at radius 3 is 0.909 bits per heavy atom. The van der Waals surface area contributed by atoms with E-state index in [9.17, 15) is 53.9 Å². The van der Waals surface area contributed by atoms with Crippen molar-refractivity contribution in [3.8, 4) is 33.4 Å². The number of pyridine rings is 6. The number of phosphoric acid groups is 1. The molecule has 3 saturated heterocycles. The van der Waals surface area contributed by atoms with E-state index in [2.05, 4.69) is 0 Å². The first-order valence-electron chi connectivity index (χ1n) is 34.4. The molecule has 0 amide bonds. The summed E-state index contributed by atoms with van der Waals surface area (Å²) in [5.41, 5.74) is -3.31. The number of phosphoric ester groups is 1. The van der Waals surface area contributed by atoms with Gasteiger partial charge in [-0.15, -0.1) is 0 Å². The summed E-state index contributed by atoms with van der Waals surface area (Å²) < 4.78 is 230. The Hall–Kier alpha value is -10.9. The number of hydrogen-bond donors (Lipinski definition) is 0. The van der Waals surface area contributed by atoms with Gasteiger partial charge in [-0.05, 0) is 71.3 Å². The molecule has 0 radical (unpaired) electrons. The summed E-state index contributed by atoms with van der Waals surface area (Å²) in [6, 6.07) is 21.9. The minimum absolute atomic E-state index is 0.213. The lowest BCUT2D eigenvalue weighted by Gasteiger charge is -2.28. The first kappa shape index (κ1) is 74.6. The average molecular weight is 1550 g/mol. The van der Waals surface area contributed by atoms with Crippen LogP contribution in [0.1, 0.15) is 33.4 Å². The number of halogens is 12. The maximum atomic E-state index is 16.1. The Labute approximate surface area is 615 Å². The molecule has 0 saturated carbocycles. The first-order valence-corrected chi connectivity index (χ1v) is 35.8. The molecule has 22 nitrogen and oxygen atoms in total. The minimum atomic E-state index is -5.11. The monoisotopic (exact) mass is 1550 g/mol. The van der Waals surface area contributed by atoms with E-state index in [1.807, 2.05) is 32.9 Å². The Balaban J connectivity index is 0.807. The van der Waals surface area contributed by atoms with Crippen LogP contribution < -0.4 is 31.4 Å². The molecule has 0 spiro atoms. The summed E-state index contributed by atoms with van der Waals surface area (Å²) in [5.74, 6) is -4.61. The second-order valence-corrected chi connectivity index (χ2v) is 27.9. The third-order valence-corrected chi connectivity index (χ3v) is 20.7. The average Bonchev–Trinajstić information content (AvgIpc) is 1.62. The fraction of sp³-hybridized carbons (Fsp3) is 0.280. The molecule has 0 atom stereocenters. The van der Waals surface area contributed by atoms with Gasteiger partial charge in [-0.1, -0.05) is 36.4 Å². The zero-order valence-electron chi connectivity index (χ0n) is 57.7. The zero-order chi connectivity index (χ0) is 77.0. The van der Waals surface area contributed by atoms with E-state index in [0.717, 1.165) is 50.1 Å². The maximum absolute atomic E-state index is 16.1. The van der Waals surface area contributed by atoms with E-state index in [-0.39, 0.29) is 33.6 Å². The van der Waals surface area contributed by atoms with Crippen LogP contribution in [0.3, 0.4) is 0 Å². The SMILES string of the molecule is O=c1cc(-c2cn(COP(=O)(OCn3cc(-c4ccn(Cc5cccc(C(F)(F)F)c5F)c(=O)c4)c4cc(N5CCOCC5)cnc43)OCn3cc(-c4ccn(Cc5cccc(C(F)(F)F)c5F)c(=O)c4)c4cc(N5CCOCC5)cnc43)c3ncc(N4CCOCC4)cc23)ccn1Cc1cccc(C(F)(F)F)c1F. The van der Waals surface area contributed by atoms with Crippen molar-refractivity contribution in [1.82, 2.24) is 42.4 Å². The third-order valence-electron chi connectivity index (χ3n) is 19.4. The Morgan fingerprint density at radius 2 is 0.655 bits per heavy atom.